The van der Waals surface area contributed by atoms with E-state index in [1.165, 1.54) is 13.2 Å². The van der Waals surface area contributed by atoms with Gasteiger partial charge in [0.2, 0.25) is 0 Å². The van der Waals surface area contributed by atoms with Gasteiger partial charge in [0, 0.05) is 25.5 Å². The van der Waals surface area contributed by atoms with E-state index in [2.05, 4.69) is 5.32 Å². The quantitative estimate of drug-likeness (QED) is 0.718. The Labute approximate surface area is 158 Å². The van der Waals surface area contributed by atoms with Crippen LogP contribution in [0.15, 0.2) is 42.5 Å². The van der Waals surface area contributed by atoms with E-state index in [1.807, 2.05) is 38.1 Å². The van der Waals surface area contributed by atoms with Crippen LogP contribution in [-0.2, 0) is 9.53 Å². The first-order valence-corrected chi connectivity index (χ1v) is 8.49. The molecule has 0 unspecified atom stereocenters. The molecule has 2 aromatic rings. The van der Waals surface area contributed by atoms with Crippen LogP contribution in [0.5, 0.6) is 11.5 Å². The van der Waals surface area contributed by atoms with Crippen LogP contribution in [0.25, 0.3) is 0 Å². The van der Waals surface area contributed by atoms with Gasteiger partial charge in [0.1, 0.15) is 0 Å². The van der Waals surface area contributed by atoms with Crippen molar-refractivity contribution in [3.8, 4) is 11.5 Å². The second kappa shape index (κ2) is 9.47. The van der Waals surface area contributed by atoms with E-state index >= 15 is 0 Å². The summed E-state index contributed by atoms with van der Waals surface area (Å²) < 4.78 is 15.7. The van der Waals surface area contributed by atoms with Crippen molar-refractivity contribution < 1.29 is 23.8 Å². The molecule has 0 aliphatic heterocycles. The number of amides is 1. The average Bonchev–Trinajstić information content (AvgIpc) is 2.67. The molecule has 0 radical (unpaired) electrons. The molecule has 2 rings (SSSR count). The number of hydrogen-bond acceptors (Lipinski definition) is 6. The second-order valence-electron chi connectivity index (χ2n) is 5.86. The molecule has 7 nitrogen and oxygen atoms in total. The summed E-state index contributed by atoms with van der Waals surface area (Å²) >= 11 is 0. The summed E-state index contributed by atoms with van der Waals surface area (Å²) in [7, 11) is 5.36. The summed E-state index contributed by atoms with van der Waals surface area (Å²) in [5.74, 6) is -0.0690. The first-order valence-electron chi connectivity index (χ1n) is 8.49. The second-order valence-corrected chi connectivity index (χ2v) is 5.86. The zero-order valence-corrected chi connectivity index (χ0v) is 15.9. The highest BCUT2D eigenvalue weighted by molar-refractivity contribution is 5.95. The minimum Gasteiger partial charge on any atom is -0.493 e. The third-order valence-electron chi connectivity index (χ3n) is 3.70. The number of hydrogen-bond donors (Lipinski definition) is 1. The smallest absolute Gasteiger partial charge is 0.338 e. The van der Waals surface area contributed by atoms with Gasteiger partial charge in [0.15, 0.2) is 18.1 Å². The SMILES string of the molecule is CCOc1ccc(C(=O)OCC(=O)Nc2ccc(N(C)C)cc2)cc1OC. The largest absolute Gasteiger partial charge is 0.493 e. The van der Waals surface area contributed by atoms with Crippen LogP contribution in [-0.4, -0.2) is 46.3 Å². The van der Waals surface area contributed by atoms with E-state index in [1.54, 1.807) is 24.3 Å². The molecule has 0 aliphatic carbocycles. The lowest BCUT2D eigenvalue weighted by Gasteiger charge is -2.13. The number of rotatable bonds is 8. The molecule has 0 aliphatic rings. The van der Waals surface area contributed by atoms with Gasteiger partial charge in [-0.25, -0.2) is 4.79 Å². The topological polar surface area (TPSA) is 77.1 Å². The molecule has 2 aromatic carbocycles. The van der Waals surface area contributed by atoms with Gasteiger partial charge in [-0.15, -0.1) is 0 Å². The highest BCUT2D eigenvalue weighted by atomic mass is 16.5. The third-order valence-corrected chi connectivity index (χ3v) is 3.70. The molecule has 0 spiro atoms. The molecule has 1 N–H and O–H groups in total. The highest BCUT2D eigenvalue weighted by Gasteiger charge is 2.14. The molecule has 1 amide bonds. The minimum absolute atomic E-state index is 0.276. The van der Waals surface area contributed by atoms with Crippen LogP contribution in [0.3, 0.4) is 0 Å². The molecule has 0 heterocycles. The van der Waals surface area contributed by atoms with Crippen LogP contribution in [0.4, 0.5) is 11.4 Å². The minimum atomic E-state index is -0.616. The normalized spacial score (nSPS) is 10.1. The number of methoxy groups -OCH3 is 1. The fourth-order valence-electron chi connectivity index (χ4n) is 2.32. The predicted octanol–water partition coefficient (Wildman–Crippen LogP) is 2.96. The van der Waals surface area contributed by atoms with Gasteiger partial charge in [-0.2, -0.15) is 0 Å². The maximum Gasteiger partial charge on any atom is 0.338 e. The molecule has 0 atom stereocenters. The molecule has 144 valence electrons. The number of carbonyl (C=O) groups is 2. The van der Waals surface area contributed by atoms with Gasteiger partial charge in [-0.3, -0.25) is 4.79 Å². The van der Waals surface area contributed by atoms with Gasteiger partial charge in [0.25, 0.3) is 5.91 Å². The van der Waals surface area contributed by atoms with E-state index in [0.717, 1.165) is 5.69 Å². The summed E-state index contributed by atoms with van der Waals surface area (Å²) in [4.78, 5) is 26.1. The molecule has 0 aromatic heterocycles. The summed E-state index contributed by atoms with van der Waals surface area (Å²) in [6.45, 7) is 1.95. The third kappa shape index (κ3) is 5.64. The zero-order chi connectivity index (χ0) is 19.8. The molecular weight excluding hydrogens is 348 g/mol. The standard InChI is InChI=1S/C20H24N2O5/c1-5-26-17-11-6-14(12-18(17)25-4)20(24)27-13-19(23)21-15-7-9-16(10-8-15)22(2)3/h6-12H,5,13H2,1-4H3,(H,21,23). The summed E-state index contributed by atoms with van der Waals surface area (Å²) in [5.41, 5.74) is 1.92. The Hall–Kier alpha value is -3.22. The van der Waals surface area contributed by atoms with Crippen molar-refractivity contribution in [1.82, 2.24) is 0 Å². The van der Waals surface area contributed by atoms with Gasteiger partial charge in [0.05, 0.1) is 19.3 Å². The summed E-state index contributed by atoms with van der Waals surface area (Å²) in [6.07, 6.45) is 0. The first-order chi connectivity index (χ1) is 12.9. The Morgan fingerprint density at radius 2 is 1.74 bits per heavy atom. The molecule has 7 heteroatoms. The van der Waals surface area contributed by atoms with E-state index in [9.17, 15) is 9.59 Å². The van der Waals surface area contributed by atoms with Crippen molar-refractivity contribution in [2.24, 2.45) is 0 Å². The maximum atomic E-state index is 12.2. The fraction of sp³-hybridized carbons (Fsp3) is 0.300. The maximum absolute atomic E-state index is 12.2. The van der Waals surface area contributed by atoms with Crippen LogP contribution in [0, 0.1) is 0 Å². The van der Waals surface area contributed by atoms with Crippen LogP contribution < -0.4 is 19.7 Å². The number of nitrogens with one attached hydrogen (secondary N) is 1. The van der Waals surface area contributed by atoms with Crippen molar-refractivity contribution in [1.29, 1.82) is 0 Å². The number of benzene rings is 2. The van der Waals surface area contributed by atoms with Crippen molar-refractivity contribution in [3.05, 3.63) is 48.0 Å². The molecule has 0 saturated heterocycles. The summed E-state index contributed by atoms with van der Waals surface area (Å²) in [6, 6.07) is 12.0. The lowest BCUT2D eigenvalue weighted by atomic mass is 10.2. The Morgan fingerprint density at radius 1 is 1.04 bits per heavy atom. The van der Waals surface area contributed by atoms with E-state index in [0.29, 0.717) is 23.8 Å². The summed E-state index contributed by atoms with van der Waals surface area (Å²) in [5, 5.41) is 2.68. The monoisotopic (exact) mass is 372 g/mol. The average molecular weight is 372 g/mol. The van der Waals surface area contributed by atoms with Crippen molar-refractivity contribution in [3.63, 3.8) is 0 Å². The number of carbonyl (C=O) groups excluding carboxylic acids is 2. The zero-order valence-electron chi connectivity index (χ0n) is 15.9. The lowest BCUT2D eigenvalue weighted by molar-refractivity contribution is -0.119. The van der Waals surface area contributed by atoms with Gasteiger partial charge in [-0.05, 0) is 49.4 Å². The Balaban J connectivity index is 1.91. The lowest BCUT2D eigenvalue weighted by Crippen LogP contribution is -2.21. The first kappa shape index (κ1) is 20.1. The Morgan fingerprint density at radius 3 is 2.33 bits per heavy atom. The van der Waals surface area contributed by atoms with Crippen LogP contribution >= 0.6 is 0 Å². The molecule has 0 bridgehead atoms. The predicted molar refractivity (Wildman–Crippen MR) is 104 cm³/mol. The van der Waals surface area contributed by atoms with Crippen LogP contribution in [0.2, 0.25) is 0 Å². The highest BCUT2D eigenvalue weighted by Crippen LogP contribution is 2.28. The van der Waals surface area contributed by atoms with E-state index in [-0.39, 0.29) is 12.2 Å². The van der Waals surface area contributed by atoms with Crippen molar-refractivity contribution >= 4 is 23.3 Å². The van der Waals surface area contributed by atoms with Gasteiger partial charge >= 0.3 is 5.97 Å². The van der Waals surface area contributed by atoms with Gasteiger partial charge < -0.3 is 24.4 Å². The number of ether oxygens (including phenoxy) is 3. The number of nitrogens with zero attached hydrogens (tertiary/aromatic N) is 1. The number of anilines is 2. The fourth-order valence-corrected chi connectivity index (χ4v) is 2.32. The van der Waals surface area contributed by atoms with Gasteiger partial charge in [-0.1, -0.05) is 0 Å². The molecule has 0 saturated carbocycles. The van der Waals surface area contributed by atoms with E-state index in [4.69, 9.17) is 14.2 Å². The van der Waals surface area contributed by atoms with E-state index < -0.39 is 11.9 Å². The Bertz CT molecular complexity index is 787. The van der Waals surface area contributed by atoms with Crippen molar-refractivity contribution in [2.45, 2.75) is 6.92 Å². The van der Waals surface area contributed by atoms with Crippen LogP contribution in [0.1, 0.15) is 17.3 Å². The molecular formula is C20H24N2O5. The Kier molecular flexibility index (Phi) is 7.05. The molecule has 0 fully saturated rings. The van der Waals surface area contributed by atoms with Crippen molar-refractivity contribution in [2.75, 3.05) is 44.6 Å². The molecule has 27 heavy (non-hydrogen) atoms. The number of esters is 1.